The lowest BCUT2D eigenvalue weighted by Gasteiger charge is -1.83. The first-order valence-corrected chi connectivity index (χ1v) is 2.78. The van der Waals surface area contributed by atoms with Gasteiger partial charge >= 0.3 is 0 Å². The molecular weight excluding hydrogens is 174 g/mol. The minimum Gasteiger partial charge on any atom is -0.691 e. The Hall–Kier alpha value is -0.580. The van der Waals surface area contributed by atoms with Crippen molar-refractivity contribution in [1.82, 2.24) is 9.90 Å². The third-order valence-electron chi connectivity index (χ3n) is 0.748. The smallest absolute Gasteiger partial charge is 0.233 e. The molecule has 8 heavy (non-hydrogen) atoms. The highest BCUT2D eigenvalue weighted by molar-refractivity contribution is 9.10. The molecule has 4 nitrogen and oxygen atoms in total. The predicted octanol–water partition coefficient (Wildman–Crippen LogP) is -0.184. The van der Waals surface area contributed by atoms with Gasteiger partial charge in [-0.05, 0) is 0 Å². The van der Waals surface area contributed by atoms with E-state index in [0.29, 0.717) is 9.45 Å². The summed E-state index contributed by atoms with van der Waals surface area (Å²) in [5, 5.41) is 13.7. The van der Waals surface area contributed by atoms with Crippen LogP contribution in [0.1, 0.15) is 0 Å². The van der Waals surface area contributed by atoms with E-state index in [1.807, 2.05) is 0 Å². The number of aromatic nitrogens is 3. The Morgan fingerprint density at radius 3 is 2.75 bits per heavy atom. The van der Waals surface area contributed by atoms with Gasteiger partial charge in [0.25, 0.3) is 0 Å². The van der Waals surface area contributed by atoms with Gasteiger partial charge in [-0.1, -0.05) is 0 Å². The molecule has 0 aliphatic carbocycles. The molecule has 44 valence electrons. The average Bonchev–Trinajstić information content (AvgIpc) is 1.85. The standard InChI is InChI=1S/C3H4BrN3O/c1-6-3(4)2-7(8)5-6/h2H,1H3. The highest BCUT2D eigenvalue weighted by Crippen LogP contribution is 2.00. The Morgan fingerprint density at radius 2 is 2.62 bits per heavy atom. The third kappa shape index (κ3) is 0.812. The highest BCUT2D eigenvalue weighted by atomic mass is 79.9. The maximum absolute atomic E-state index is 10.3. The lowest BCUT2D eigenvalue weighted by molar-refractivity contribution is -0.670. The number of halogens is 1. The van der Waals surface area contributed by atoms with Gasteiger partial charge in [-0.2, -0.15) is 0 Å². The first kappa shape index (κ1) is 5.55. The fraction of sp³-hybridized carbons (Fsp3) is 0.333. The molecule has 0 aliphatic heterocycles. The molecule has 0 bridgehead atoms. The quantitative estimate of drug-likeness (QED) is 0.408. The zero-order chi connectivity index (χ0) is 6.15. The molecule has 0 spiro atoms. The van der Waals surface area contributed by atoms with Crippen LogP contribution in [-0.4, -0.2) is 9.90 Å². The number of rotatable bonds is 0. The molecule has 0 N–H and O–H groups in total. The van der Waals surface area contributed by atoms with Crippen LogP contribution in [0.2, 0.25) is 0 Å². The van der Waals surface area contributed by atoms with Crippen LogP contribution in [0.15, 0.2) is 10.8 Å². The molecule has 0 saturated heterocycles. The van der Waals surface area contributed by atoms with E-state index >= 15 is 0 Å². The minimum absolute atomic E-state index is 0.490. The molecule has 0 saturated carbocycles. The van der Waals surface area contributed by atoms with Crippen molar-refractivity contribution in [2.45, 2.75) is 0 Å². The fourth-order valence-corrected chi connectivity index (χ4v) is 0.622. The number of hydrogen-bond acceptors (Lipinski definition) is 2. The second kappa shape index (κ2) is 1.74. The second-order valence-corrected chi connectivity index (χ2v) is 2.18. The summed E-state index contributed by atoms with van der Waals surface area (Å²) in [6.45, 7) is 0. The zero-order valence-corrected chi connectivity index (χ0v) is 5.79. The Bertz CT molecular complexity index is 177. The van der Waals surface area contributed by atoms with Gasteiger partial charge in [0.15, 0.2) is 6.20 Å². The van der Waals surface area contributed by atoms with Gasteiger partial charge in [-0.15, -0.1) is 9.53 Å². The molecule has 0 aromatic carbocycles. The van der Waals surface area contributed by atoms with E-state index in [1.54, 1.807) is 7.05 Å². The average molecular weight is 178 g/mol. The van der Waals surface area contributed by atoms with Crippen molar-refractivity contribution in [3.05, 3.63) is 16.0 Å². The molecule has 1 aromatic heterocycles. The van der Waals surface area contributed by atoms with E-state index in [9.17, 15) is 5.21 Å². The van der Waals surface area contributed by atoms with Crippen molar-refractivity contribution in [2.24, 2.45) is 7.05 Å². The Balaban J connectivity index is 3.14. The van der Waals surface area contributed by atoms with Crippen LogP contribution in [0.5, 0.6) is 0 Å². The summed E-state index contributed by atoms with van der Waals surface area (Å²) in [6, 6.07) is 0. The molecule has 1 aromatic rings. The Labute approximate surface area is 54.4 Å². The lowest BCUT2D eigenvalue weighted by atomic mass is 10.9. The number of nitrogens with zero attached hydrogens (tertiary/aromatic N) is 3. The zero-order valence-electron chi connectivity index (χ0n) is 4.21. The van der Waals surface area contributed by atoms with Gasteiger partial charge in [0.1, 0.15) is 7.05 Å². The summed E-state index contributed by atoms with van der Waals surface area (Å²) in [5.41, 5.74) is 0. The van der Waals surface area contributed by atoms with Crippen LogP contribution in [0.25, 0.3) is 0 Å². The topological polar surface area (TPSA) is 44.8 Å². The largest absolute Gasteiger partial charge is 0.691 e. The maximum atomic E-state index is 10.3. The van der Waals surface area contributed by atoms with E-state index in [-0.39, 0.29) is 0 Å². The monoisotopic (exact) mass is 177 g/mol. The Kier molecular flexibility index (Phi) is 1.21. The van der Waals surface area contributed by atoms with Gasteiger partial charge in [0, 0.05) is 15.9 Å². The van der Waals surface area contributed by atoms with Crippen molar-refractivity contribution >= 4 is 15.9 Å². The van der Waals surface area contributed by atoms with Crippen LogP contribution in [0.4, 0.5) is 0 Å². The van der Waals surface area contributed by atoms with Crippen LogP contribution in [0.3, 0.4) is 0 Å². The maximum Gasteiger partial charge on any atom is 0.233 e. The van der Waals surface area contributed by atoms with Crippen LogP contribution < -0.4 is 4.85 Å². The molecule has 0 unspecified atom stereocenters. The van der Waals surface area contributed by atoms with Gasteiger partial charge in [0.2, 0.25) is 4.60 Å². The van der Waals surface area contributed by atoms with Gasteiger partial charge in [-0.3, -0.25) is 0 Å². The summed E-state index contributed by atoms with van der Waals surface area (Å²) in [7, 11) is 1.68. The molecule has 0 atom stereocenters. The normalized spacial score (nSPS) is 9.75. The molecule has 1 rings (SSSR count). The second-order valence-electron chi connectivity index (χ2n) is 1.37. The van der Waals surface area contributed by atoms with E-state index in [2.05, 4.69) is 21.1 Å². The third-order valence-corrected chi connectivity index (χ3v) is 1.47. The fourth-order valence-electron chi connectivity index (χ4n) is 0.375. The Morgan fingerprint density at radius 1 is 2.00 bits per heavy atom. The first-order valence-electron chi connectivity index (χ1n) is 1.99. The van der Waals surface area contributed by atoms with Gasteiger partial charge < -0.3 is 5.21 Å². The van der Waals surface area contributed by atoms with Crippen molar-refractivity contribution in [1.29, 1.82) is 0 Å². The summed E-state index contributed by atoms with van der Waals surface area (Å²) in [5.74, 6) is 0. The van der Waals surface area contributed by atoms with E-state index in [4.69, 9.17) is 0 Å². The van der Waals surface area contributed by atoms with Crippen molar-refractivity contribution in [2.75, 3.05) is 0 Å². The molecule has 0 aliphatic rings. The first-order chi connectivity index (χ1) is 3.70. The summed E-state index contributed by atoms with van der Waals surface area (Å²) < 4.78 is 2.11. The molecule has 1 heterocycles. The minimum atomic E-state index is 0.490. The van der Waals surface area contributed by atoms with E-state index in [0.717, 1.165) is 0 Å². The van der Waals surface area contributed by atoms with Crippen molar-refractivity contribution in [3.8, 4) is 0 Å². The SMILES string of the molecule is Cn1n[n+]([O-])cc1Br. The predicted molar refractivity (Wildman–Crippen MR) is 29.9 cm³/mol. The summed E-state index contributed by atoms with van der Waals surface area (Å²) in [6.07, 6.45) is 1.33. The van der Waals surface area contributed by atoms with E-state index < -0.39 is 0 Å². The van der Waals surface area contributed by atoms with Crippen molar-refractivity contribution in [3.63, 3.8) is 0 Å². The molecule has 5 heteroatoms. The highest BCUT2D eigenvalue weighted by Gasteiger charge is 2.01. The van der Waals surface area contributed by atoms with Gasteiger partial charge in [-0.25, -0.2) is 0 Å². The van der Waals surface area contributed by atoms with Crippen molar-refractivity contribution < 1.29 is 4.85 Å². The van der Waals surface area contributed by atoms with E-state index in [1.165, 1.54) is 10.9 Å². The number of aryl methyl sites for hydroxylation is 1. The number of hydrogen-bond donors (Lipinski definition) is 0. The van der Waals surface area contributed by atoms with Crippen LogP contribution in [0, 0.1) is 5.21 Å². The van der Waals surface area contributed by atoms with Crippen LogP contribution in [-0.2, 0) is 7.05 Å². The van der Waals surface area contributed by atoms with Crippen LogP contribution >= 0.6 is 15.9 Å². The van der Waals surface area contributed by atoms with Gasteiger partial charge in [0.05, 0.1) is 5.21 Å². The molecule has 0 fully saturated rings. The summed E-state index contributed by atoms with van der Waals surface area (Å²) >= 11 is 3.10. The molecule has 0 radical (unpaired) electrons. The molecule has 0 amide bonds. The lowest BCUT2D eigenvalue weighted by Crippen LogP contribution is -2.27. The molecular formula is C3H4BrN3O. The summed E-state index contributed by atoms with van der Waals surface area (Å²) in [4.78, 5) is 0.490.